The number of rotatable bonds is 6. The van der Waals surface area contributed by atoms with Gasteiger partial charge in [-0.15, -0.1) is 0 Å². The molecule has 8 nitrogen and oxygen atoms in total. The first-order valence-corrected chi connectivity index (χ1v) is 11.5. The number of ether oxygens (including phenoxy) is 2. The number of hydrogen-bond donors (Lipinski definition) is 1. The Kier molecular flexibility index (Phi) is 8.67. The van der Waals surface area contributed by atoms with Crippen molar-refractivity contribution in [2.75, 3.05) is 31.2 Å². The van der Waals surface area contributed by atoms with Gasteiger partial charge in [0.15, 0.2) is 6.61 Å². The highest BCUT2D eigenvalue weighted by atomic mass is 35.5. The van der Waals surface area contributed by atoms with Gasteiger partial charge < -0.3 is 24.6 Å². The van der Waals surface area contributed by atoms with Crippen LogP contribution in [0.2, 0.25) is 5.02 Å². The lowest BCUT2D eigenvalue weighted by Gasteiger charge is -2.29. The van der Waals surface area contributed by atoms with E-state index in [1.165, 1.54) is 21.9 Å². The zero-order valence-electron chi connectivity index (χ0n) is 19.6. The van der Waals surface area contributed by atoms with Crippen molar-refractivity contribution in [1.82, 2.24) is 10.2 Å². The van der Waals surface area contributed by atoms with Crippen molar-refractivity contribution in [3.05, 3.63) is 58.6 Å². The number of fused-ring (bicyclic) bond motifs is 1. The van der Waals surface area contributed by atoms with Crippen LogP contribution in [0, 0.1) is 0 Å². The number of carbonyl (C=O) groups is 3. The minimum Gasteiger partial charge on any atom is -0.484 e. The molecule has 36 heavy (non-hydrogen) atoms. The summed E-state index contributed by atoms with van der Waals surface area (Å²) >= 11 is 6.25. The van der Waals surface area contributed by atoms with Crippen molar-refractivity contribution in [2.45, 2.75) is 32.6 Å². The van der Waals surface area contributed by atoms with Gasteiger partial charge in [-0.2, -0.15) is 13.2 Å². The van der Waals surface area contributed by atoms with Crippen LogP contribution in [0.15, 0.2) is 42.5 Å². The van der Waals surface area contributed by atoms with Crippen molar-refractivity contribution >= 4 is 35.2 Å². The number of anilines is 1. The third-order valence-corrected chi connectivity index (χ3v) is 5.68. The number of carbonyl (C=O) groups excluding carboxylic acids is 3. The number of benzene rings is 2. The summed E-state index contributed by atoms with van der Waals surface area (Å²) in [5.74, 6) is -1.18. The monoisotopic (exact) mass is 527 g/mol. The lowest BCUT2D eigenvalue weighted by molar-refractivity contribution is -0.153. The van der Waals surface area contributed by atoms with E-state index in [0.29, 0.717) is 11.3 Å². The number of halogens is 4. The van der Waals surface area contributed by atoms with E-state index in [4.69, 9.17) is 21.1 Å². The van der Waals surface area contributed by atoms with Crippen molar-refractivity contribution in [3.63, 3.8) is 0 Å². The van der Waals surface area contributed by atoms with Gasteiger partial charge in [0, 0.05) is 24.8 Å². The first-order valence-electron chi connectivity index (χ1n) is 11.1. The Hall–Kier alpha value is -3.47. The maximum absolute atomic E-state index is 13.5. The molecule has 0 saturated carbocycles. The van der Waals surface area contributed by atoms with Crippen LogP contribution in [-0.2, 0) is 16.1 Å². The number of nitrogens with one attached hydrogen (secondary N) is 1. The van der Waals surface area contributed by atoms with Crippen molar-refractivity contribution in [3.8, 4) is 5.75 Å². The zero-order valence-corrected chi connectivity index (χ0v) is 20.4. The fraction of sp³-hybridized carbons (Fsp3) is 0.375. The number of esters is 1. The van der Waals surface area contributed by atoms with Gasteiger partial charge in [0.25, 0.3) is 5.91 Å². The van der Waals surface area contributed by atoms with E-state index in [9.17, 15) is 27.6 Å². The molecule has 0 aromatic heterocycles. The van der Waals surface area contributed by atoms with Gasteiger partial charge in [0.05, 0.1) is 17.2 Å². The van der Waals surface area contributed by atoms with Crippen molar-refractivity contribution in [2.24, 2.45) is 0 Å². The largest absolute Gasteiger partial charge is 0.484 e. The standard InChI is InChI=1S/C24H25ClF3N3O5/c1-3-35-21(32)11-29-23(34)30-13-16-6-4-5-7-20(16)31(12-15(30)2)22(33)18-9-8-17(10-19(18)25)36-14-24(26,27)28/h4-10,15H,3,11-14H2,1-2H3,(H,29,34)/t15-/m1/s1. The zero-order chi connectivity index (χ0) is 26.5. The van der Waals surface area contributed by atoms with Gasteiger partial charge in [-0.1, -0.05) is 29.8 Å². The molecule has 12 heteroatoms. The molecule has 2 aromatic carbocycles. The number of urea groups is 1. The van der Waals surface area contributed by atoms with E-state index < -0.39 is 36.7 Å². The summed E-state index contributed by atoms with van der Waals surface area (Å²) in [6.07, 6.45) is -4.51. The van der Waals surface area contributed by atoms with Crippen LogP contribution in [0.4, 0.5) is 23.7 Å². The lowest BCUT2D eigenvalue weighted by Crippen LogP contribution is -2.49. The van der Waals surface area contributed by atoms with Crippen molar-refractivity contribution in [1.29, 1.82) is 0 Å². The Morgan fingerprint density at radius 2 is 1.89 bits per heavy atom. The average molecular weight is 528 g/mol. The van der Waals surface area contributed by atoms with Crippen LogP contribution in [0.25, 0.3) is 0 Å². The first kappa shape index (κ1) is 27.1. The van der Waals surface area contributed by atoms with Gasteiger partial charge in [0.1, 0.15) is 12.3 Å². The summed E-state index contributed by atoms with van der Waals surface area (Å²) in [5.41, 5.74) is 1.31. The normalized spacial score (nSPS) is 15.6. The molecule has 0 radical (unpaired) electrons. The molecular weight excluding hydrogens is 503 g/mol. The summed E-state index contributed by atoms with van der Waals surface area (Å²) in [6, 6.07) is 9.76. The second-order valence-electron chi connectivity index (χ2n) is 8.03. The number of amides is 3. The predicted molar refractivity (Wildman–Crippen MR) is 126 cm³/mol. The third kappa shape index (κ3) is 6.81. The molecule has 0 bridgehead atoms. The Morgan fingerprint density at radius 3 is 2.56 bits per heavy atom. The lowest BCUT2D eigenvalue weighted by atomic mass is 10.1. The summed E-state index contributed by atoms with van der Waals surface area (Å²) in [7, 11) is 0. The average Bonchev–Trinajstić information content (AvgIpc) is 2.97. The highest BCUT2D eigenvalue weighted by Gasteiger charge is 2.33. The molecule has 194 valence electrons. The SMILES string of the molecule is CCOC(=O)CNC(=O)N1Cc2ccccc2N(C(=O)c2ccc(OCC(F)(F)F)cc2Cl)C[C@H]1C. The van der Waals surface area contributed by atoms with E-state index in [1.54, 1.807) is 38.1 Å². The minimum absolute atomic E-state index is 0.0678. The summed E-state index contributed by atoms with van der Waals surface area (Å²) in [4.78, 5) is 41.0. The fourth-order valence-electron chi connectivity index (χ4n) is 3.70. The molecule has 2 aromatic rings. The highest BCUT2D eigenvalue weighted by Crippen LogP contribution is 2.31. The molecule has 1 aliphatic heterocycles. The third-order valence-electron chi connectivity index (χ3n) is 5.37. The molecule has 1 N–H and O–H groups in total. The molecule has 0 spiro atoms. The molecule has 0 fully saturated rings. The summed E-state index contributed by atoms with van der Waals surface area (Å²) in [6.45, 7) is 2.11. The Bertz CT molecular complexity index is 1130. The van der Waals surface area contributed by atoms with Gasteiger partial charge in [-0.25, -0.2) is 4.79 Å². The van der Waals surface area contributed by atoms with Crippen LogP contribution in [0.1, 0.15) is 29.8 Å². The van der Waals surface area contributed by atoms with E-state index in [0.717, 1.165) is 6.07 Å². The summed E-state index contributed by atoms with van der Waals surface area (Å²) in [5, 5.41) is 2.46. The molecule has 1 atom stereocenters. The van der Waals surface area contributed by atoms with Gasteiger partial charge in [-0.05, 0) is 43.7 Å². The maximum Gasteiger partial charge on any atom is 0.422 e. The topological polar surface area (TPSA) is 88.2 Å². The second-order valence-corrected chi connectivity index (χ2v) is 8.44. The number of alkyl halides is 3. The van der Waals surface area contributed by atoms with E-state index in [-0.39, 0.29) is 42.6 Å². The van der Waals surface area contributed by atoms with Crippen LogP contribution in [-0.4, -0.2) is 61.3 Å². The summed E-state index contributed by atoms with van der Waals surface area (Å²) < 4.78 is 46.9. The van der Waals surface area contributed by atoms with Gasteiger partial charge in [-0.3, -0.25) is 9.59 Å². The highest BCUT2D eigenvalue weighted by molar-refractivity contribution is 6.34. The Balaban J connectivity index is 1.83. The molecule has 0 saturated heterocycles. The first-order chi connectivity index (χ1) is 17.0. The Labute approximate surface area is 210 Å². The van der Waals surface area contributed by atoms with E-state index in [2.05, 4.69) is 5.32 Å². The second kappa shape index (κ2) is 11.5. The number of nitrogens with zero attached hydrogens (tertiary/aromatic N) is 2. The molecule has 3 amide bonds. The van der Waals surface area contributed by atoms with Crippen LogP contribution < -0.4 is 15.0 Å². The smallest absolute Gasteiger partial charge is 0.422 e. The van der Waals surface area contributed by atoms with Gasteiger partial charge >= 0.3 is 18.2 Å². The maximum atomic E-state index is 13.5. The predicted octanol–water partition coefficient (Wildman–Crippen LogP) is 4.40. The van der Waals surface area contributed by atoms with Crippen molar-refractivity contribution < 1.29 is 37.0 Å². The van der Waals surface area contributed by atoms with Crippen LogP contribution in [0.5, 0.6) is 5.75 Å². The molecule has 0 aliphatic carbocycles. The van der Waals surface area contributed by atoms with E-state index in [1.807, 2.05) is 0 Å². The molecular formula is C24H25ClF3N3O5. The number of para-hydroxylation sites is 1. The molecule has 0 unspecified atom stereocenters. The quantitative estimate of drug-likeness (QED) is 0.562. The molecule has 3 rings (SSSR count). The number of hydrogen-bond acceptors (Lipinski definition) is 5. The van der Waals surface area contributed by atoms with Gasteiger partial charge in [0.2, 0.25) is 0 Å². The fourth-order valence-corrected chi connectivity index (χ4v) is 3.95. The molecule has 1 heterocycles. The Morgan fingerprint density at radius 1 is 1.17 bits per heavy atom. The van der Waals surface area contributed by atoms with Crippen LogP contribution >= 0.6 is 11.6 Å². The van der Waals surface area contributed by atoms with Crippen LogP contribution in [0.3, 0.4) is 0 Å². The minimum atomic E-state index is -4.51. The molecule has 1 aliphatic rings. The van der Waals surface area contributed by atoms with E-state index >= 15 is 0 Å².